The number of nitro groups is 1. The van der Waals surface area contributed by atoms with Gasteiger partial charge < -0.3 is 0 Å². The Balaban J connectivity index is 2.52. The van der Waals surface area contributed by atoms with E-state index in [1.54, 1.807) is 0 Å². The fraction of sp³-hybridized carbons (Fsp3) is 0. The standard InChI is InChI=1S/C9H5BrFN3O2/c10-9-7(4-12-13-9)6-2-1-5(14(15)16)3-8(6)11/h1-4H,(H,12,13). The minimum atomic E-state index is -0.656. The zero-order chi connectivity index (χ0) is 11.7. The average Bonchev–Trinajstić information content (AvgIpc) is 2.64. The normalized spacial score (nSPS) is 10.4. The highest BCUT2D eigenvalue weighted by Crippen LogP contribution is 2.30. The van der Waals surface area contributed by atoms with E-state index in [1.165, 1.54) is 18.3 Å². The average molecular weight is 286 g/mol. The van der Waals surface area contributed by atoms with Crippen LogP contribution in [0.5, 0.6) is 0 Å². The first-order valence-corrected chi connectivity index (χ1v) is 5.02. The smallest absolute Gasteiger partial charge is 0.271 e. The molecule has 0 atom stereocenters. The molecule has 5 nitrogen and oxygen atoms in total. The second-order valence-electron chi connectivity index (χ2n) is 3.02. The van der Waals surface area contributed by atoms with Crippen molar-refractivity contribution in [2.45, 2.75) is 0 Å². The third-order valence-corrected chi connectivity index (χ3v) is 2.65. The van der Waals surface area contributed by atoms with Gasteiger partial charge in [-0.05, 0) is 22.0 Å². The first kappa shape index (κ1) is 10.7. The van der Waals surface area contributed by atoms with Crippen molar-refractivity contribution in [3.05, 3.63) is 44.9 Å². The highest BCUT2D eigenvalue weighted by atomic mass is 79.9. The molecule has 2 rings (SSSR count). The number of halogens is 2. The van der Waals surface area contributed by atoms with E-state index in [2.05, 4.69) is 26.1 Å². The van der Waals surface area contributed by atoms with Crippen molar-refractivity contribution >= 4 is 21.6 Å². The van der Waals surface area contributed by atoms with Gasteiger partial charge in [0, 0.05) is 17.2 Å². The molecule has 0 aliphatic rings. The molecule has 1 aromatic heterocycles. The molecule has 2 aromatic rings. The van der Waals surface area contributed by atoms with Gasteiger partial charge in [0.2, 0.25) is 0 Å². The molecule has 0 saturated heterocycles. The predicted molar refractivity (Wildman–Crippen MR) is 58.3 cm³/mol. The van der Waals surface area contributed by atoms with Crippen LogP contribution in [0, 0.1) is 15.9 Å². The van der Waals surface area contributed by atoms with Crippen LogP contribution in [0.3, 0.4) is 0 Å². The van der Waals surface area contributed by atoms with Crippen molar-refractivity contribution < 1.29 is 9.31 Å². The monoisotopic (exact) mass is 285 g/mol. The van der Waals surface area contributed by atoms with E-state index in [4.69, 9.17) is 0 Å². The number of nitrogens with zero attached hydrogens (tertiary/aromatic N) is 2. The van der Waals surface area contributed by atoms with E-state index >= 15 is 0 Å². The third-order valence-electron chi connectivity index (χ3n) is 2.05. The summed E-state index contributed by atoms with van der Waals surface area (Å²) in [6.45, 7) is 0. The van der Waals surface area contributed by atoms with Crippen molar-refractivity contribution in [1.29, 1.82) is 0 Å². The Morgan fingerprint density at radius 2 is 2.19 bits per heavy atom. The number of nitrogens with one attached hydrogen (secondary N) is 1. The van der Waals surface area contributed by atoms with Crippen LogP contribution >= 0.6 is 15.9 Å². The lowest BCUT2D eigenvalue weighted by Crippen LogP contribution is -1.90. The summed E-state index contributed by atoms with van der Waals surface area (Å²) in [4.78, 5) is 9.79. The fourth-order valence-corrected chi connectivity index (χ4v) is 1.71. The van der Waals surface area contributed by atoms with E-state index in [0.29, 0.717) is 10.2 Å². The molecule has 0 radical (unpaired) electrons. The lowest BCUT2D eigenvalue weighted by atomic mass is 10.1. The predicted octanol–water partition coefficient (Wildman–Crippen LogP) is 2.89. The summed E-state index contributed by atoms with van der Waals surface area (Å²) < 4.78 is 14.1. The largest absolute Gasteiger partial charge is 0.272 e. The molecule has 0 bridgehead atoms. The Kier molecular flexibility index (Phi) is 2.69. The van der Waals surface area contributed by atoms with Gasteiger partial charge in [0.25, 0.3) is 5.69 Å². The molecule has 82 valence electrons. The Hall–Kier alpha value is -1.76. The number of aromatic nitrogens is 2. The van der Waals surface area contributed by atoms with E-state index in [9.17, 15) is 14.5 Å². The number of nitro benzene ring substituents is 1. The molecule has 1 N–H and O–H groups in total. The Bertz CT molecular complexity index is 555. The molecule has 0 saturated carbocycles. The minimum absolute atomic E-state index is 0.256. The summed E-state index contributed by atoms with van der Waals surface area (Å²) in [5.74, 6) is -0.656. The van der Waals surface area contributed by atoms with Crippen LogP contribution in [0.1, 0.15) is 0 Å². The molecule has 7 heteroatoms. The van der Waals surface area contributed by atoms with Crippen molar-refractivity contribution in [1.82, 2.24) is 10.2 Å². The Morgan fingerprint density at radius 3 is 2.69 bits per heavy atom. The van der Waals surface area contributed by atoms with Gasteiger partial charge >= 0.3 is 0 Å². The first-order valence-electron chi connectivity index (χ1n) is 4.23. The SMILES string of the molecule is O=[N+]([O-])c1ccc(-c2cn[nH]c2Br)c(F)c1. The molecular formula is C9H5BrFN3O2. The zero-order valence-electron chi connectivity index (χ0n) is 7.78. The maximum Gasteiger partial charge on any atom is 0.272 e. The van der Waals surface area contributed by atoms with E-state index in [-0.39, 0.29) is 11.3 Å². The molecule has 1 heterocycles. The molecule has 0 aliphatic heterocycles. The summed E-state index contributed by atoms with van der Waals surface area (Å²) in [5.41, 5.74) is 0.500. The fourth-order valence-electron chi connectivity index (χ4n) is 1.29. The topological polar surface area (TPSA) is 71.8 Å². The van der Waals surface area contributed by atoms with Gasteiger partial charge in [0.1, 0.15) is 10.4 Å². The van der Waals surface area contributed by atoms with Crippen molar-refractivity contribution in [3.8, 4) is 11.1 Å². The maximum absolute atomic E-state index is 13.6. The molecule has 16 heavy (non-hydrogen) atoms. The maximum atomic E-state index is 13.6. The molecule has 1 aromatic carbocycles. The van der Waals surface area contributed by atoms with Gasteiger partial charge in [0.15, 0.2) is 0 Å². The van der Waals surface area contributed by atoms with Gasteiger partial charge in [-0.1, -0.05) is 0 Å². The van der Waals surface area contributed by atoms with Crippen molar-refractivity contribution in [2.75, 3.05) is 0 Å². The molecular weight excluding hydrogens is 281 g/mol. The van der Waals surface area contributed by atoms with Crippen LogP contribution < -0.4 is 0 Å². The molecule has 0 spiro atoms. The second kappa shape index (κ2) is 4.01. The lowest BCUT2D eigenvalue weighted by Gasteiger charge is -2.00. The molecule has 0 amide bonds. The number of hydrogen-bond donors (Lipinski definition) is 1. The van der Waals surface area contributed by atoms with Crippen LogP contribution in [0.2, 0.25) is 0 Å². The summed E-state index contributed by atoms with van der Waals surface area (Å²) in [6, 6.07) is 3.48. The Labute approximate surface area is 97.6 Å². The highest BCUT2D eigenvalue weighted by Gasteiger charge is 2.14. The first-order chi connectivity index (χ1) is 7.59. The van der Waals surface area contributed by atoms with Gasteiger partial charge in [-0.3, -0.25) is 15.2 Å². The highest BCUT2D eigenvalue weighted by molar-refractivity contribution is 9.10. The van der Waals surface area contributed by atoms with Crippen molar-refractivity contribution in [3.63, 3.8) is 0 Å². The van der Waals surface area contributed by atoms with Gasteiger partial charge in [-0.15, -0.1) is 0 Å². The number of non-ortho nitro benzene ring substituents is 1. The zero-order valence-corrected chi connectivity index (χ0v) is 9.36. The van der Waals surface area contributed by atoms with E-state index in [1.807, 2.05) is 0 Å². The van der Waals surface area contributed by atoms with Gasteiger partial charge in [-0.2, -0.15) is 5.10 Å². The molecule has 0 unspecified atom stereocenters. The second-order valence-corrected chi connectivity index (χ2v) is 3.81. The van der Waals surface area contributed by atoms with Crippen molar-refractivity contribution in [2.24, 2.45) is 0 Å². The number of benzene rings is 1. The lowest BCUT2D eigenvalue weighted by molar-refractivity contribution is -0.385. The Morgan fingerprint density at radius 1 is 1.44 bits per heavy atom. The quantitative estimate of drug-likeness (QED) is 0.681. The summed E-state index contributed by atoms with van der Waals surface area (Å²) in [5, 5.41) is 16.8. The summed E-state index contributed by atoms with van der Waals surface area (Å²) in [7, 11) is 0. The van der Waals surface area contributed by atoms with Crippen LogP contribution in [-0.2, 0) is 0 Å². The third kappa shape index (κ3) is 1.81. The summed E-state index contributed by atoms with van der Waals surface area (Å²) in [6.07, 6.45) is 1.44. The van der Waals surface area contributed by atoms with Crippen LogP contribution in [-0.4, -0.2) is 15.1 Å². The number of rotatable bonds is 2. The van der Waals surface area contributed by atoms with Crippen LogP contribution in [0.15, 0.2) is 29.0 Å². The van der Waals surface area contributed by atoms with Crippen LogP contribution in [0.25, 0.3) is 11.1 Å². The number of aromatic amines is 1. The number of H-pyrrole nitrogens is 1. The summed E-state index contributed by atoms with van der Waals surface area (Å²) >= 11 is 3.17. The molecule has 0 fully saturated rings. The minimum Gasteiger partial charge on any atom is -0.271 e. The van der Waals surface area contributed by atoms with Gasteiger partial charge in [-0.25, -0.2) is 4.39 Å². The van der Waals surface area contributed by atoms with E-state index < -0.39 is 10.7 Å². The van der Waals surface area contributed by atoms with E-state index in [0.717, 1.165) is 6.07 Å². The van der Waals surface area contributed by atoms with Crippen LogP contribution in [0.4, 0.5) is 10.1 Å². The van der Waals surface area contributed by atoms with Gasteiger partial charge in [0.05, 0.1) is 17.2 Å². The number of hydrogen-bond acceptors (Lipinski definition) is 3. The molecule has 0 aliphatic carbocycles.